The quantitative estimate of drug-likeness (QED) is 0.764. The van der Waals surface area contributed by atoms with Gasteiger partial charge in [-0.05, 0) is 37.3 Å². The molecule has 0 radical (unpaired) electrons. The minimum absolute atomic E-state index is 0. The first-order valence-electron chi connectivity index (χ1n) is 6.54. The van der Waals surface area contributed by atoms with Gasteiger partial charge in [0.2, 0.25) is 0 Å². The van der Waals surface area contributed by atoms with Crippen molar-refractivity contribution < 1.29 is 8.42 Å². The van der Waals surface area contributed by atoms with Gasteiger partial charge in [-0.25, -0.2) is 17.4 Å². The number of pyridine rings is 1. The van der Waals surface area contributed by atoms with E-state index in [4.69, 9.17) is 5.73 Å². The lowest BCUT2D eigenvalue weighted by Gasteiger charge is -2.09. The molecule has 1 atom stereocenters. The smallest absolute Gasteiger partial charge is 0.269 e. The first kappa shape index (κ1) is 19.4. The minimum Gasteiger partial charge on any atom is -0.323 e. The third kappa shape index (κ3) is 3.50. The molecule has 2 heterocycles. The molecular formula is C15H17Cl2N3O2S. The zero-order valence-electron chi connectivity index (χ0n) is 12.3. The normalized spacial score (nSPS) is 12.3. The van der Waals surface area contributed by atoms with Gasteiger partial charge in [0, 0.05) is 17.6 Å². The molecule has 0 saturated heterocycles. The van der Waals surface area contributed by atoms with Gasteiger partial charge < -0.3 is 5.73 Å². The lowest BCUT2D eigenvalue weighted by molar-refractivity contribution is 0.588. The van der Waals surface area contributed by atoms with E-state index in [1.807, 2.05) is 19.1 Å². The van der Waals surface area contributed by atoms with Crippen LogP contribution in [-0.4, -0.2) is 17.4 Å². The highest BCUT2D eigenvalue weighted by Crippen LogP contribution is 2.22. The van der Waals surface area contributed by atoms with Crippen molar-refractivity contribution in [3.8, 4) is 0 Å². The first-order chi connectivity index (χ1) is 10.00. The molecule has 0 spiro atoms. The van der Waals surface area contributed by atoms with Crippen LogP contribution in [-0.2, 0) is 10.0 Å². The first-order valence-corrected chi connectivity index (χ1v) is 7.98. The van der Waals surface area contributed by atoms with E-state index < -0.39 is 10.0 Å². The average Bonchev–Trinajstić information content (AvgIpc) is 2.91. The predicted octanol–water partition coefficient (Wildman–Crippen LogP) is 3.14. The van der Waals surface area contributed by atoms with Crippen molar-refractivity contribution in [2.75, 3.05) is 0 Å². The molecule has 0 aliphatic heterocycles. The maximum atomic E-state index is 12.7. The predicted molar refractivity (Wildman–Crippen MR) is 95.9 cm³/mol. The molecule has 5 nitrogen and oxygen atoms in total. The molecule has 2 N–H and O–H groups in total. The number of benzene rings is 1. The van der Waals surface area contributed by atoms with Gasteiger partial charge in [-0.3, -0.25) is 0 Å². The monoisotopic (exact) mass is 373 g/mol. The Morgan fingerprint density at radius 3 is 2.30 bits per heavy atom. The van der Waals surface area contributed by atoms with Crippen molar-refractivity contribution in [2.24, 2.45) is 5.73 Å². The van der Waals surface area contributed by atoms with Crippen LogP contribution in [0.15, 0.2) is 59.6 Å². The van der Waals surface area contributed by atoms with Crippen LogP contribution < -0.4 is 5.73 Å². The van der Waals surface area contributed by atoms with Gasteiger partial charge in [0.05, 0.1) is 10.6 Å². The van der Waals surface area contributed by atoms with Gasteiger partial charge >= 0.3 is 0 Å². The Morgan fingerprint density at radius 2 is 1.70 bits per heavy atom. The highest BCUT2D eigenvalue weighted by atomic mass is 35.5. The summed E-state index contributed by atoms with van der Waals surface area (Å²) in [6.07, 6.45) is 1.52. The highest BCUT2D eigenvalue weighted by molar-refractivity contribution is 7.90. The summed E-state index contributed by atoms with van der Waals surface area (Å²) in [6.45, 7) is 1.81. The van der Waals surface area contributed by atoms with Gasteiger partial charge in [0.15, 0.2) is 5.65 Å². The Kier molecular flexibility index (Phi) is 6.18. The van der Waals surface area contributed by atoms with E-state index in [9.17, 15) is 8.42 Å². The number of rotatable bonds is 3. The molecule has 0 aliphatic carbocycles. The molecular weight excluding hydrogens is 357 g/mol. The number of aromatic nitrogens is 2. The van der Waals surface area contributed by atoms with Crippen molar-refractivity contribution in [3.05, 3.63) is 60.4 Å². The molecule has 0 amide bonds. The number of hydrogen-bond donors (Lipinski definition) is 1. The van der Waals surface area contributed by atoms with Crippen LogP contribution in [0.4, 0.5) is 0 Å². The third-order valence-corrected chi connectivity index (χ3v) is 4.97. The molecule has 3 aromatic rings. The Bertz CT molecular complexity index is 893. The lowest BCUT2D eigenvalue weighted by Crippen LogP contribution is -2.13. The van der Waals surface area contributed by atoms with E-state index in [0.717, 1.165) is 5.39 Å². The van der Waals surface area contributed by atoms with Gasteiger partial charge in [0.25, 0.3) is 10.0 Å². The maximum Gasteiger partial charge on any atom is 0.269 e. The molecule has 0 unspecified atom stereocenters. The van der Waals surface area contributed by atoms with Crippen LogP contribution in [0, 0.1) is 0 Å². The summed E-state index contributed by atoms with van der Waals surface area (Å²) in [5, 5.41) is 0.763. The fraction of sp³-hybridized carbons (Fsp3) is 0.133. The molecule has 2 aromatic heterocycles. The van der Waals surface area contributed by atoms with Crippen LogP contribution in [0.2, 0.25) is 0 Å². The topological polar surface area (TPSA) is 78.0 Å². The van der Waals surface area contributed by atoms with Gasteiger partial charge in [0.1, 0.15) is 0 Å². The molecule has 124 valence electrons. The number of hydrogen-bond acceptors (Lipinski definition) is 4. The zero-order valence-corrected chi connectivity index (χ0v) is 14.7. The molecule has 8 heteroatoms. The Morgan fingerprint density at radius 1 is 1.04 bits per heavy atom. The van der Waals surface area contributed by atoms with Crippen molar-refractivity contribution in [2.45, 2.75) is 17.9 Å². The minimum atomic E-state index is -3.65. The Balaban J connectivity index is 0.00000132. The molecule has 0 aliphatic rings. The van der Waals surface area contributed by atoms with Gasteiger partial charge in [-0.2, -0.15) is 0 Å². The second-order valence-electron chi connectivity index (χ2n) is 4.87. The standard InChI is InChI=1S/C15H15N3O2S.2ClH/c1-11(16)14-8-7-12-9-10-18(15(12)17-14)21(19,20)13-5-3-2-4-6-13;;/h2-11H,16H2,1H3;2*1H/t11-;;/m1../s1. The van der Waals surface area contributed by atoms with Crippen molar-refractivity contribution in [3.63, 3.8) is 0 Å². The molecule has 0 fully saturated rings. The van der Waals surface area contributed by atoms with E-state index in [1.54, 1.807) is 36.4 Å². The number of fused-ring (bicyclic) bond motifs is 1. The van der Waals surface area contributed by atoms with E-state index in [1.165, 1.54) is 10.2 Å². The van der Waals surface area contributed by atoms with Crippen molar-refractivity contribution >= 4 is 45.9 Å². The second-order valence-corrected chi connectivity index (χ2v) is 6.68. The largest absolute Gasteiger partial charge is 0.323 e. The molecule has 1 aromatic carbocycles. The third-order valence-electron chi connectivity index (χ3n) is 3.29. The molecule has 0 saturated carbocycles. The Hall–Kier alpha value is -1.60. The fourth-order valence-electron chi connectivity index (χ4n) is 2.15. The van der Waals surface area contributed by atoms with Crippen LogP contribution >= 0.6 is 24.8 Å². The summed E-state index contributed by atoms with van der Waals surface area (Å²) in [4.78, 5) is 4.62. The fourth-order valence-corrected chi connectivity index (χ4v) is 3.48. The van der Waals surface area contributed by atoms with Crippen molar-refractivity contribution in [1.29, 1.82) is 0 Å². The van der Waals surface area contributed by atoms with Gasteiger partial charge in [-0.15, -0.1) is 24.8 Å². The lowest BCUT2D eigenvalue weighted by atomic mass is 10.2. The van der Waals surface area contributed by atoms with E-state index in [-0.39, 0.29) is 35.8 Å². The second kappa shape index (κ2) is 7.31. The van der Waals surface area contributed by atoms with E-state index in [0.29, 0.717) is 11.3 Å². The Labute approximate surface area is 147 Å². The molecule has 0 bridgehead atoms. The van der Waals surface area contributed by atoms with Crippen LogP contribution in [0.5, 0.6) is 0 Å². The van der Waals surface area contributed by atoms with Crippen LogP contribution in [0.1, 0.15) is 18.7 Å². The summed E-state index contributed by atoms with van der Waals surface area (Å²) in [7, 11) is -3.65. The summed E-state index contributed by atoms with van der Waals surface area (Å²) in [5.41, 5.74) is 6.88. The van der Waals surface area contributed by atoms with Crippen LogP contribution in [0.3, 0.4) is 0 Å². The highest BCUT2D eigenvalue weighted by Gasteiger charge is 2.19. The summed E-state index contributed by atoms with van der Waals surface area (Å²) < 4.78 is 26.6. The molecule has 23 heavy (non-hydrogen) atoms. The van der Waals surface area contributed by atoms with E-state index >= 15 is 0 Å². The average molecular weight is 374 g/mol. The summed E-state index contributed by atoms with van der Waals surface area (Å²) in [5.74, 6) is 0. The number of halogens is 2. The van der Waals surface area contributed by atoms with Crippen LogP contribution in [0.25, 0.3) is 11.0 Å². The summed E-state index contributed by atoms with van der Waals surface area (Å²) >= 11 is 0. The SMILES string of the molecule is C[C@@H](N)c1ccc2ccn(S(=O)(=O)c3ccccc3)c2n1.Cl.Cl. The number of nitrogens with zero attached hydrogens (tertiary/aromatic N) is 2. The maximum absolute atomic E-state index is 12.7. The molecule has 3 rings (SSSR count). The van der Waals surface area contributed by atoms with Gasteiger partial charge in [-0.1, -0.05) is 18.2 Å². The number of nitrogens with two attached hydrogens (primary N) is 1. The summed E-state index contributed by atoms with van der Waals surface area (Å²) in [6, 6.07) is 13.4. The van der Waals surface area contributed by atoms with E-state index in [2.05, 4.69) is 4.98 Å². The van der Waals surface area contributed by atoms with Crippen molar-refractivity contribution in [1.82, 2.24) is 8.96 Å². The zero-order chi connectivity index (χ0) is 15.0.